The molecule has 1 heterocycles. The van der Waals surface area contributed by atoms with Crippen LogP contribution < -0.4 is 5.32 Å². The zero-order chi connectivity index (χ0) is 12.4. The molecule has 0 bridgehead atoms. The molecule has 3 rings (SSSR count). The molecule has 0 spiro atoms. The molecule has 1 N–H and O–H groups in total. The van der Waals surface area contributed by atoms with Gasteiger partial charge < -0.3 is 5.32 Å². The van der Waals surface area contributed by atoms with Crippen molar-refractivity contribution in [2.75, 3.05) is 7.05 Å². The van der Waals surface area contributed by atoms with E-state index in [2.05, 4.69) is 34.6 Å². The van der Waals surface area contributed by atoms with Gasteiger partial charge in [0.1, 0.15) is 0 Å². The van der Waals surface area contributed by atoms with Crippen molar-refractivity contribution in [1.82, 2.24) is 10.3 Å². The van der Waals surface area contributed by atoms with Gasteiger partial charge in [-0.25, -0.2) is 0 Å². The van der Waals surface area contributed by atoms with Gasteiger partial charge in [-0.05, 0) is 36.9 Å². The number of benzene rings is 1. The summed E-state index contributed by atoms with van der Waals surface area (Å²) < 4.78 is 0. The van der Waals surface area contributed by atoms with Gasteiger partial charge in [-0.3, -0.25) is 4.98 Å². The molecular weight excluding hydrogens is 240 g/mol. The minimum Gasteiger partial charge on any atom is -0.309 e. The lowest BCUT2D eigenvalue weighted by atomic mass is 9.80. The zero-order valence-electron chi connectivity index (χ0n) is 10.6. The summed E-state index contributed by atoms with van der Waals surface area (Å²) in [5, 5.41) is 3.37. The molecule has 1 saturated carbocycles. The van der Waals surface area contributed by atoms with Gasteiger partial charge in [-0.2, -0.15) is 0 Å². The Bertz CT molecular complexity index is 486. The fourth-order valence-electron chi connectivity index (χ4n) is 2.54. The molecule has 0 amide bonds. The SMILES string of the molecule is CNC(c1ccc(C2CCC2)cc1)c1cncs1. The van der Waals surface area contributed by atoms with Gasteiger partial charge in [0.05, 0.1) is 11.6 Å². The number of nitrogens with zero attached hydrogens (tertiary/aromatic N) is 1. The number of rotatable bonds is 4. The maximum absolute atomic E-state index is 4.16. The fourth-order valence-corrected chi connectivity index (χ4v) is 3.30. The average Bonchev–Trinajstić information content (AvgIpc) is 2.84. The van der Waals surface area contributed by atoms with Crippen molar-refractivity contribution in [2.45, 2.75) is 31.2 Å². The zero-order valence-corrected chi connectivity index (χ0v) is 11.4. The summed E-state index contributed by atoms with van der Waals surface area (Å²) in [5.41, 5.74) is 4.72. The molecule has 3 heteroatoms. The first-order valence-corrected chi connectivity index (χ1v) is 7.42. The van der Waals surface area contributed by atoms with Crippen LogP contribution in [0.2, 0.25) is 0 Å². The Hall–Kier alpha value is -1.19. The largest absolute Gasteiger partial charge is 0.309 e. The van der Waals surface area contributed by atoms with Crippen molar-refractivity contribution in [3.8, 4) is 0 Å². The molecule has 1 aromatic heterocycles. The Morgan fingerprint density at radius 3 is 2.56 bits per heavy atom. The van der Waals surface area contributed by atoms with Crippen molar-refractivity contribution in [2.24, 2.45) is 0 Å². The molecule has 94 valence electrons. The van der Waals surface area contributed by atoms with Crippen LogP contribution in [-0.4, -0.2) is 12.0 Å². The Balaban J connectivity index is 1.82. The van der Waals surface area contributed by atoms with Crippen molar-refractivity contribution < 1.29 is 0 Å². The van der Waals surface area contributed by atoms with Gasteiger partial charge >= 0.3 is 0 Å². The van der Waals surface area contributed by atoms with Crippen LogP contribution in [-0.2, 0) is 0 Å². The Labute approximate surface area is 112 Å². The third-order valence-corrected chi connectivity index (χ3v) is 4.71. The van der Waals surface area contributed by atoms with Gasteiger partial charge in [0.15, 0.2) is 0 Å². The van der Waals surface area contributed by atoms with E-state index < -0.39 is 0 Å². The molecule has 1 fully saturated rings. The molecule has 1 unspecified atom stereocenters. The average molecular weight is 258 g/mol. The molecule has 1 aromatic carbocycles. The monoisotopic (exact) mass is 258 g/mol. The molecule has 1 atom stereocenters. The van der Waals surface area contributed by atoms with Crippen molar-refractivity contribution in [3.63, 3.8) is 0 Å². The molecule has 2 aromatic rings. The summed E-state index contributed by atoms with van der Waals surface area (Å²) in [4.78, 5) is 5.44. The number of hydrogen-bond donors (Lipinski definition) is 1. The Morgan fingerprint density at radius 1 is 1.28 bits per heavy atom. The third-order valence-electron chi connectivity index (χ3n) is 3.87. The van der Waals surface area contributed by atoms with E-state index in [1.54, 1.807) is 11.3 Å². The van der Waals surface area contributed by atoms with E-state index in [1.807, 2.05) is 18.8 Å². The molecule has 0 aliphatic heterocycles. The van der Waals surface area contributed by atoms with E-state index in [0.717, 1.165) is 5.92 Å². The second-order valence-electron chi connectivity index (χ2n) is 4.92. The van der Waals surface area contributed by atoms with Crippen molar-refractivity contribution >= 4 is 11.3 Å². The topological polar surface area (TPSA) is 24.9 Å². The number of hydrogen-bond acceptors (Lipinski definition) is 3. The first-order valence-electron chi connectivity index (χ1n) is 6.54. The lowest BCUT2D eigenvalue weighted by Gasteiger charge is -2.26. The molecule has 1 aliphatic rings. The quantitative estimate of drug-likeness (QED) is 0.904. The van der Waals surface area contributed by atoms with Crippen LogP contribution in [0.4, 0.5) is 0 Å². The fraction of sp³-hybridized carbons (Fsp3) is 0.400. The predicted molar refractivity (Wildman–Crippen MR) is 76.1 cm³/mol. The lowest BCUT2D eigenvalue weighted by molar-refractivity contribution is 0.419. The smallest absolute Gasteiger partial charge is 0.0794 e. The Kier molecular flexibility index (Phi) is 3.43. The van der Waals surface area contributed by atoms with E-state index >= 15 is 0 Å². The van der Waals surface area contributed by atoms with Crippen molar-refractivity contribution in [3.05, 3.63) is 52.0 Å². The second-order valence-corrected chi connectivity index (χ2v) is 5.84. The maximum Gasteiger partial charge on any atom is 0.0794 e. The minimum absolute atomic E-state index is 0.271. The van der Waals surface area contributed by atoms with Gasteiger partial charge in [0, 0.05) is 11.1 Å². The molecule has 1 aliphatic carbocycles. The molecule has 18 heavy (non-hydrogen) atoms. The lowest BCUT2D eigenvalue weighted by Crippen LogP contribution is -2.16. The summed E-state index contributed by atoms with van der Waals surface area (Å²) in [5.74, 6) is 0.815. The predicted octanol–water partition coefficient (Wildman–Crippen LogP) is 3.72. The van der Waals surface area contributed by atoms with Gasteiger partial charge in [0.2, 0.25) is 0 Å². The van der Waals surface area contributed by atoms with Crippen LogP contribution >= 0.6 is 11.3 Å². The summed E-state index contributed by atoms with van der Waals surface area (Å²) >= 11 is 1.70. The first-order chi connectivity index (χ1) is 8.88. The summed E-state index contributed by atoms with van der Waals surface area (Å²) in [6.45, 7) is 0. The number of aromatic nitrogens is 1. The number of thiazole rings is 1. The second kappa shape index (κ2) is 5.21. The van der Waals surface area contributed by atoms with Crippen LogP contribution in [0.1, 0.15) is 47.2 Å². The highest BCUT2D eigenvalue weighted by Crippen LogP contribution is 2.36. The standard InChI is InChI=1S/C15H18N2S/c1-16-15(14-9-17-10-18-14)13-7-5-12(6-8-13)11-3-2-4-11/h5-11,15-16H,2-4H2,1H3. The molecular formula is C15H18N2S. The molecule has 0 radical (unpaired) electrons. The molecule has 0 saturated heterocycles. The normalized spacial score (nSPS) is 17.4. The highest BCUT2D eigenvalue weighted by molar-refractivity contribution is 7.09. The first kappa shape index (κ1) is 11.9. The number of nitrogens with one attached hydrogen (secondary N) is 1. The van der Waals surface area contributed by atoms with Crippen molar-refractivity contribution in [1.29, 1.82) is 0 Å². The van der Waals surface area contributed by atoms with Gasteiger partial charge in [0.25, 0.3) is 0 Å². The highest BCUT2D eigenvalue weighted by Gasteiger charge is 2.20. The van der Waals surface area contributed by atoms with E-state index in [-0.39, 0.29) is 6.04 Å². The summed E-state index contributed by atoms with van der Waals surface area (Å²) in [6, 6.07) is 9.38. The van der Waals surface area contributed by atoms with E-state index in [0.29, 0.717) is 0 Å². The van der Waals surface area contributed by atoms with E-state index in [4.69, 9.17) is 0 Å². The van der Waals surface area contributed by atoms with Gasteiger partial charge in [-0.15, -0.1) is 11.3 Å². The maximum atomic E-state index is 4.16. The minimum atomic E-state index is 0.271. The third kappa shape index (κ3) is 2.20. The van der Waals surface area contributed by atoms with Gasteiger partial charge in [-0.1, -0.05) is 30.7 Å². The van der Waals surface area contributed by atoms with Crippen LogP contribution in [0, 0.1) is 0 Å². The van der Waals surface area contributed by atoms with Crippen LogP contribution in [0.5, 0.6) is 0 Å². The summed E-state index contributed by atoms with van der Waals surface area (Å²) in [7, 11) is 2.00. The highest BCUT2D eigenvalue weighted by atomic mass is 32.1. The van der Waals surface area contributed by atoms with E-state index in [9.17, 15) is 0 Å². The Morgan fingerprint density at radius 2 is 2.06 bits per heavy atom. The van der Waals surface area contributed by atoms with E-state index in [1.165, 1.54) is 35.3 Å². The molecule has 2 nitrogen and oxygen atoms in total. The van der Waals surface area contributed by atoms with Crippen LogP contribution in [0.25, 0.3) is 0 Å². The van der Waals surface area contributed by atoms with Crippen LogP contribution in [0.3, 0.4) is 0 Å². The summed E-state index contributed by atoms with van der Waals surface area (Å²) in [6.07, 6.45) is 6.07. The van der Waals surface area contributed by atoms with Crippen LogP contribution in [0.15, 0.2) is 36.0 Å².